The minimum absolute atomic E-state index is 0.0826. The summed E-state index contributed by atoms with van der Waals surface area (Å²) in [5.74, 6) is -0.839. The Balaban J connectivity index is 1.65. The number of rotatable bonds is 5. The SMILES string of the molecule is COc1ccc(/C(O)=C2/C(=O)C(=O)N(c3ccc(N4CCCC4)cc3)C2c2cccc(C)c2)cc1C(C)(C)C. The third-order valence-electron chi connectivity index (χ3n) is 7.68. The number of amides is 1. The van der Waals surface area contributed by atoms with Gasteiger partial charge in [-0.15, -0.1) is 0 Å². The number of methoxy groups -OCH3 is 1. The summed E-state index contributed by atoms with van der Waals surface area (Å²) in [6, 6.07) is 20.2. The van der Waals surface area contributed by atoms with Gasteiger partial charge < -0.3 is 14.7 Å². The van der Waals surface area contributed by atoms with Gasteiger partial charge in [-0.05, 0) is 73.2 Å². The highest BCUT2D eigenvalue weighted by atomic mass is 16.5. The molecule has 0 radical (unpaired) electrons. The molecule has 0 spiro atoms. The van der Waals surface area contributed by atoms with Gasteiger partial charge in [0.25, 0.3) is 11.7 Å². The topological polar surface area (TPSA) is 70.1 Å². The molecule has 1 atom stereocenters. The fourth-order valence-electron chi connectivity index (χ4n) is 5.65. The van der Waals surface area contributed by atoms with E-state index in [1.54, 1.807) is 19.2 Å². The molecule has 3 aromatic rings. The molecule has 2 heterocycles. The van der Waals surface area contributed by atoms with E-state index in [0.29, 0.717) is 17.0 Å². The number of ketones is 1. The van der Waals surface area contributed by atoms with E-state index in [1.807, 2.05) is 61.5 Å². The zero-order valence-corrected chi connectivity index (χ0v) is 23.3. The summed E-state index contributed by atoms with van der Waals surface area (Å²) in [5, 5.41) is 11.6. The van der Waals surface area contributed by atoms with Crippen LogP contribution in [0.2, 0.25) is 0 Å². The number of nitrogens with zero attached hydrogens (tertiary/aromatic N) is 2. The van der Waals surface area contributed by atoms with Crippen LogP contribution < -0.4 is 14.5 Å². The van der Waals surface area contributed by atoms with Crippen LogP contribution in [0.3, 0.4) is 0 Å². The van der Waals surface area contributed by atoms with Crippen molar-refractivity contribution in [2.45, 2.75) is 52.0 Å². The van der Waals surface area contributed by atoms with Gasteiger partial charge in [-0.1, -0.05) is 50.6 Å². The summed E-state index contributed by atoms with van der Waals surface area (Å²) < 4.78 is 5.56. The van der Waals surface area contributed by atoms with Crippen LogP contribution in [-0.2, 0) is 15.0 Å². The fourth-order valence-corrected chi connectivity index (χ4v) is 5.65. The highest BCUT2D eigenvalue weighted by Gasteiger charge is 2.47. The van der Waals surface area contributed by atoms with E-state index in [-0.39, 0.29) is 16.7 Å². The number of aliphatic hydroxyl groups excluding tert-OH is 1. The van der Waals surface area contributed by atoms with Crippen LogP contribution in [0.25, 0.3) is 5.76 Å². The first kappa shape index (κ1) is 26.5. The van der Waals surface area contributed by atoms with Crippen molar-refractivity contribution >= 4 is 28.8 Å². The smallest absolute Gasteiger partial charge is 0.300 e. The van der Waals surface area contributed by atoms with Crippen LogP contribution in [0, 0.1) is 6.92 Å². The minimum Gasteiger partial charge on any atom is -0.507 e. The molecule has 5 rings (SSSR count). The maximum Gasteiger partial charge on any atom is 0.300 e. The Morgan fingerprint density at radius 1 is 0.923 bits per heavy atom. The molecule has 2 aliphatic rings. The van der Waals surface area contributed by atoms with Gasteiger partial charge in [-0.3, -0.25) is 14.5 Å². The number of aryl methyl sites for hydroxylation is 1. The van der Waals surface area contributed by atoms with E-state index in [9.17, 15) is 14.7 Å². The maximum atomic E-state index is 13.6. The van der Waals surface area contributed by atoms with Crippen molar-refractivity contribution in [2.75, 3.05) is 30.0 Å². The molecule has 39 heavy (non-hydrogen) atoms. The number of hydrogen-bond donors (Lipinski definition) is 1. The highest BCUT2D eigenvalue weighted by Crippen LogP contribution is 2.43. The second kappa shape index (κ2) is 10.3. The lowest BCUT2D eigenvalue weighted by Gasteiger charge is -2.27. The highest BCUT2D eigenvalue weighted by molar-refractivity contribution is 6.51. The quantitative estimate of drug-likeness (QED) is 0.234. The first-order valence-corrected chi connectivity index (χ1v) is 13.5. The molecule has 6 nitrogen and oxygen atoms in total. The Hall–Kier alpha value is -4.06. The first-order valence-electron chi connectivity index (χ1n) is 13.5. The molecule has 1 amide bonds. The number of carbonyl (C=O) groups is 2. The van der Waals surface area contributed by atoms with Crippen molar-refractivity contribution in [3.63, 3.8) is 0 Å². The molecule has 3 aromatic carbocycles. The molecule has 1 unspecified atom stereocenters. The number of benzene rings is 3. The van der Waals surface area contributed by atoms with Crippen LogP contribution in [0.5, 0.6) is 5.75 Å². The monoisotopic (exact) mass is 524 g/mol. The molecule has 2 saturated heterocycles. The Kier molecular flexibility index (Phi) is 6.98. The van der Waals surface area contributed by atoms with Gasteiger partial charge in [0.05, 0.1) is 18.7 Å². The molecule has 1 N–H and O–H groups in total. The van der Waals surface area contributed by atoms with E-state index in [0.717, 1.165) is 35.5 Å². The van der Waals surface area contributed by atoms with E-state index in [4.69, 9.17) is 4.74 Å². The lowest BCUT2D eigenvalue weighted by atomic mass is 9.84. The van der Waals surface area contributed by atoms with Crippen LogP contribution in [0.15, 0.2) is 72.3 Å². The van der Waals surface area contributed by atoms with Crippen molar-refractivity contribution in [1.29, 1.82) is 0 Å². The fraction of sp³-hybridized carbons (Fsp3) is 0.333. The predicted octanol–water partition coefficient (Wildman–Crippen LogP) is 6.53. The number of ether oxygens (including phenoxy) is 1. The summed E-state index contributed by atoms with van der Waals surface area (Å²) >= 11 is 0. The van der Waals surface area contributed by atoms with E-state index >= 15 is 0 Å². The lowest BCUT2D eigenvalue weighted by Crippen LogP contribution is -2.29. The maximum absolute atomic E-state index is 13.6. The number of anilines is 2. The van der Waals surface area contributed by atoms with Crippen molar-refractivity contribution in [3.05, 3.63) is 94.6 Å². The zero-order valence-electron chi connectivity index (χ0n) is 23.3. The molecule has 202 valence electrons. The first-order chi connectivity index (χ1) is 18.6. The van der Waals surface area contributed by atoms with E-state index < -0.39 is 17.7 Å². The average Bonchev–Trinajstić information content (AvgIpc) is 3.55. The summed E-state index contributed by atoms with van der Waals surface area (Å²) in [6.45, 7) is 10.2. The molecule has 2 aliphatic heterocycles. The molecular weight excluding hydrogens is 488 g/mol. The number of carbonyl (C=O) groups excluding carboxylic acids is 2. The second-order valence-electron chi connectivity index (χ2n) is 11.5. The standard InChI is InChI=1S/C33H36N2O4/c1-21-9-8-10-22(19-21)29-28(30(36)23-11-16-27(39-5)26(20-23)33(2,3)4)31(37)32(38)35(29)25-14-12-24(13-15-25)34-17-6-7-18-34/h8-16,19-20,29,36H,6-7,17-18H2,1-5H3/b30-28-. The Labute approximate surface area is 230 Å². The van der Waals surface area contributed by atoms with Gasteiger partial charge in [-0.2, -0.15) is 0 Å². The Bertz CT molecular complexity index is 1440. The predicted molar refractivity (Wildman–Crippen MR) is 156 cm³/mol. The average molecular weight is 525 g/mol. The minimum atomic E-state index is -0.761. The summed E-state index contributed by atoms with van der Waals surface area (Å²) in [5.41, 5.74) is 4.68. The lowest BCUT2D eigenvalue weighted by molar-refractivity contribution is -0.132. The van der Waals surface area contributed by atoms with Gasteiger partial charge in [0.1, 0.15) is 11.5 Å². The Morgan fingerprint density at radius 2 is 1.59 bits per heavy atom. The van der Waals surface area contributed by atoms with Crippen molar-refractivity contribution in [2.24, 2.45) is 0 Å². The Morgan fingerprint density at radius 3 is 2.21 bits per heavy atom. The third-order valence-corrected chi connectivity index (χ3v) is 7.68. The molecule has 0 aliphatic carbocycles. The summed E-state index contributed by atoms with van der Waals surface area (Å²) in [7, 11) is 1.61. The number of aliphatic hydroxyl groups is 1. The molecule has 2 fully saturated rings. The van der Waals surface area contributed by atoms with E-state index in [2.05, 4.69) is 25.7 Å². The number of Topliss-reactive ketones (excluding diaryl/α,β-unsaturated/α-hetero) is 1. The third kappa shape index (κ3) is 4.91. The molecule has 0 aromatic heterocycles. The summed E-state index contributed by atoms with van der Waals surface area (Å²) in [4.78, 5) is 31.0. The van der Waals surface area contributed by atoms with Crippen molar-refractivity contribution in [1.82, 2.24) is 0 Å². The second-order valence-corrected chi connectivity index (χ2v) is 11.5. The molecule has 6 heteroatoms. The largest absolute Gasteiger partial charge is 0.507 e. The van der Waals surface area contributed by atoms with Crippen molar-refractivity contribution in [3.8, 4) is 5.75 Å². The van der Waals surface area contributed by atoms with Crippen LogP contribution >= 0.6 is 0 Å². The van der Waals surface area contributed by atoms with Gasteiger partial charge in [0.15, 0.2) is 0 Å². The van der Waals surface area contributed by atoms with Gasteiger partial charge in [0.2, 0.25) is 0 Å². The zero-order chi connectivity index (χ0) is 27.9. The normalized spacial score (nSPS) is 19.2. The molecule has 0 bridgehead atoms. The van der Waals surface area contributed by atoms with Gasteiger partial charge >= 0.3 is 0 Å². The van der Waals surface area contributed by atoms with E-state index in [1.165, 1.54) is 17.7 Å². The van der Waals surface area contributed by atoms with Gasteiger partial charge in [-0.25, -0.2) is 0 Å². The molecule has 0 saturated carbocycles. The van der Waals surface area contributed by atoms with Gasteiger partial charge in [0, 0.05) is 35.6 Å². The summed E-state index contributed by atoms with van der Waals surface area (Å²) in [6.07, 6.45) is 2.35. The number of hydrogen-bond acceptors (Lipinski definition) is 5. The molecular formula is C33H36N2O4. The van der Waals surface area contributed by atoms with Crippen molar-refractivity contribution < 1.29 is 19.4 Å². The van der Waals surface area contributed by atoms with Crippen LogP contribution in [0.4, 0.5) is 11.4 Å². The van der Waals surface area contributed by atoms with Crippen LogP contribution in [-0.4, -0.2) is 37.0 Å². The van der Waals surface area contributed by atoms with Crippen LogP contribution in [0.1, 0.15) is 61.9 Å².